The average molecular weight is 216 g/mol. The van der Waals surface area contributed by atoms with Crippen LogP contribution in [0.15, 0.2) is 0 Å². The molecule has 0 radical (unpaired) electrons. The van der Waals surface area contributed by atoms with Crippen LogP contribution >= 0.6 is 0 Å². The minimum atomic E-state index is -0.0480. The first-order valence-electron chi connectivity index (χ1n) is 5.87. The van der Waals surface area contributed by atoms with Gasteiger partial charge in [0, 0.05) is 19.1 Å². The zero-order valence-corrected chi connectivity index (χ0v) is 10.2. The van der Waals surface area contributed by atoms with Gasteiger partial charge in [0.25, 0.3) is 0 Å². The van der Waals surface area contributed by atoms with Crippen molar-refractivity contribution in [1.82, 2.24) is 10.2 Å². The highest BCUT2D eigenvalue weighted by molar-refractivity contribution is 4.66. The molecule has 1 heterocycles. The van der Waals surface area contributed by atoms with Gasteiger partial charge in [-0.05, 0) is 26.9 Å². The molecule has 0 bridgehead atoms. The van der Waals surface area contributed by atoms with Gasteiger partial charge in [-0.25, -0.2) is 0 Å². The number of likely N-dealkylation sites (N-methyl/N-ethyl adjacent to an activating group) is 1. The second-order valence-electron chi connectivity index (χ2n) is 4.19. The smallest absolute Gasteiger partial charge is 0.169 e. The van der Waals surface area contributed by atoms with Gasteiger partial charge in [-0.15, -0.1) is 0 Å². The maximum absolute atomic E-state index is 5.46. The van der Waals surface area contributed by atoms with Crippen LogP contribution in [-0.4, -0.2) is 57.1 Å². The Labute approximate surface area is 92.9 Å². The van der Waals surface area contributed by atoms with Crippen molar-refractivity contribution >= 4 is 0 Å². The third-order valence-electron chi connectivity index (χ3n) is 2.65. The van der Waals surface area contributed by atoms with E-state index < -0.39 is 0 Å². The van der Waals surface area contributed by atoms with E-state index in [9.17, 15) is 0 Å². The lowest BCUT2D eigenvalue weighted by atomic mass is 10.3. The van der Waals surface area contributed by atoms with E-state index in [0.29, 0.717) is 6.04 Å². The Balaban J connectivity index is 2.07. The van der Waals surface area contributed by atoms with Crippen molar-refractivity contribution < 1.29 is 9.47 Å². The van der Waals surface area contributed by atoms with Crippen molar-refractivity contribution in [2.45, 2.75) is 32.6 Å². The molecule has 0 saturated carbocycles. The number of hydrogen-bond acceptors (Lipinski definition) is 4. The van der Waals surface area contributed by atoms with E-state index in [2.05, 4.69) is 31.1 Å². The highest BCUT2D eigenvalue weighted by atomic mass is 16.7. The molecule has 1 aliphatic heterocycles. The summed E-state index contributed by atoms with van der Waals surface area (Å²) in [6.45, 7) is 8.95. The monoisotopic (exact) mass is 216 g/mol. The Morgan fingerprint density at radius 1 is 1.40 bits per heavy atom. The molecule has 0 amide bonds. The molecule has 1 rings (SSSR count). The molecule has 1 unspecified atom stereocenters. The fourth-order valence-electron chi connectivity index (χ4n) is 1.61. The van der Waals surface area contributed by atoms with Crippen molar-refractivity contribution in [3.05, 3.63) is 0 Å². The van der Waals surface area contributed by atoms with Crippen LogP contribution in [0.5, 0.6) is 0 Å². The topological polar surface area (TPSA) is 33.7 Å². The molecule has 1 atom stereocenters. The molecule has 0 aromatic carbocycles. The Morgan fingerprint density at radius 3 is 2.67 bits per heavy atom. The summed E-state index contributed by atoms with van der Waals surface area (Å²) < 4.78 is 10.9. The largest absolute Gasteiger partial charge is 0.351 e. The molecule has 0 spiro atoms. The molecule has 4 heteroatoms. The first-order chi connectivity index (χ1) is 7.22. The van der Waals surface area contributed by atoms with Gasteiger partial charge in [-0.1, -0.05) is 6.92 Å². The molecule has 0 aromatic rings. The number of ether oxygens (including phenoxy) is 2. The zero-order valence-electron chi connectivity index (χ0n) is 10.2. The van der Waals surface area contributed by atoms with E-state index in [-0.39, 0.29) is 6.29 Å². The van der Waals surface area contributed by atoms with Gasteiger partial charge in [0.05, 0.1) is 13.2 Å². The highest BCUT2D eigenvalue weighted by Gasteiger charge is 2.14. The molecule has 0 aliphatic carbocycles. The van der Waals surface area contributed by atoms with Gasteiger partial charge in [0.15, 0.2) is 6.29 Å². The van der Waals surface area contributed by atoms with Crippen molar-refractivity contribution in [3.8, 4) is 0 Å². The van der Waals surface area contributed by atoms with Crippen LogP contribution in [0.4, 0.5) is 0 Å². The maximum atomic E-state index is 5.46. The van der Waals surface area contributed by atoms with Gasteiger partial charge >= 0.3 is 0 Å². The van der Waals surface area contributed by atoms with Gasteiger partial charge in [0.1, 0.15) is 0 Å². The molecule has 90 valence electrons. The minimum absolute atomic E-state index is 0.0480. The lowest BCUT2D eigenvalue weighted by molar-refractivity contribution is -0.175. The third kappa shape index (κ3) is 5.47. The summed E-state index contributed by atoms with van der Waals surface area (Å²) in [4.78, 5) is 2.29. The summed E-state index contributed by atoms with van der Waals surface area (Å²) in [5.41, 5.74) is 0. The Kier molecular flexibility index (Phi) is 6.17. The van der Waals surface area contributed by atoms with Crippen molar-refractivity contribution in [1.29, 1.82) is 0 Å². The number of nitrogens with zero attached hydrogens (tertiary/aromatic N) is 1. The van der Waals surface area contributed by atoms with Crippen LogP contribution in [0.2, 0.25) is 0 Å². The normalized spacial score (nSPS) is 20.8. The summed E-state index contributed by atoms with van der Waals surface area (Å²) in [6.07, 6.45) is 0.970. The molecule has 15 heavy (non-hydrogen) atoms. The summed E-state index contributed by atoms with van der Waals surface area (Å²) in [7, 11) is 2.13. The molecule has 1 saturated heterocycles. The third-order valence-corrected chi connectivity index (χ3v) is 2.65. The van der Waals surface area contributed by atoms with E-state index in [1.807, 2.05) is 0 Å². The Hall–Kier alpha value is -0.160. The van der Waals surface area contributed by atoms with E-state index in [1.165, 1.54) is 0 Å². The van der Waals surface area contributed by atoms with E-state index in [1.54, 1.807) is 0 Å². The van der Waals surface area contributed by atoms with Gasteiger partial charge < -0.3 is 19.7 Å². The molecule has 4 nitrogen and oxygen atoms in total. The predicted molar refractivity (Wildman–Crippen MR) is 60.9 cm³/mol. The Morgan fingerprint density at radius 2 is 2.07 bits per heavy atom. The summed E-state index contributed by atoms with van der Waals surface area (Å²) in [5, 5.41) is 3.43. The predicted octanol–water partition coefficient (Wildman–Crippen LogP) is 0.679. The second kappa shape index (κ2) is 7.17. The quantitative estimate of drug-likeness (QED) is 0.708. The molecule has 1 N–H and O–H groups in total. The van der Waals surface area contributed by atoms with E-state index in [0.717, 1.165) is 39.3 Å². The lowest BCUT2D eigenvalue weighted by Crippen LogP contribution is -2.43. The van der Waals surface area contributed by atoms with Crippen LogP contribution in [0, 0.1) is 0 Å². The van der Waals surface area contributed by atoms with E-state index in [4.69, 9.17) is 9.47 Å². The Bertz CT molecular complexity index is 161. The standard InChI is InChI=1S/C11H24N2O2/c1-4-13(3)9-10(2)12-8-11-14-6-5-7-15-11/h10-12H,4-9H2,1-3H3. The van der Waals surface area contributed by atoms with Gasteiger partial charge in [-0.2, -0.15) is 0 Å². The zero-order chi connectivity index (χ0) is 11.1. The SMILES string of the molecule is CCN(C)CC(C)NCC1OCCCO1. The average Bonchev–Trinajstić information content (AvgIpc) is 2.27. The molecular formula is C11H24N2O2. The molecule has 0 aromatic heterocycles. The van der Waals surface area contributed by atoms with Crippen LogP contribution in [0.25, 0.3) is 0 Å². The van der Waals surface area contributed by atoms with Crippen molar-refractivity contribution in [2.75, 3.05) is 39.9 Å². The highest BCUT2D eigenvalue weighted by Crippen LogP contribution is 2.03. The van der Waals surface area contributed by atoms with Crippen LogP contribution < -0.4 is 5.32 Å². The van der Waals surface area contributed by atoms with Crippen LogP contribution in [0.1, 0.15) is 20.3 Å². The fourth-order valence-corrected chi connectivity index (χ4v) is 1.61. The first kappa shape index (κ1) is 12.9. The fraction of sp³-hybridized carbons (Fsp3) is 1.00. The van der Waals surface area contributed by atoms with Crippen LogP contribution in [0.3, 0.4) is 0 Å². The summed E-state index contributed by atoms with van der Waals surface area (Å²) >= 11 is 0. The summed E-state index contributed by atoms with van der Waals surface area (Å²) in [6, 6.07) is 0.476. The van der Waals surface area contributed by atoms with Crippen molar-refractivity contribution in [2.24, 2.45) is 0 Å². The van der Waals surface area contributed by atoms with Gasteiger partial charge in [-0.3, -0.25) is 0 Å². The maximum Gasteiger partial charge on any atom is 0.169 e. The second-order valence-corrected chi connectivity index (χ2v) is 4.19. The summed E-state index contributed by atoms with van der Waals surface area (Å²) in [5.74, 6) is 0. The first-order valence-corrected chi connectivity index (χ1v) is 5.87. The molecular weight excluding hydrogens is 192 g/mol. The minimum Gasteiger partial charge on any atom is -0.351 e. The van der Waals surface area contributed by atoms with Crippen LogP contribution in [-0.2, 0) is 9.47 Å². The molecule has 1 aliphatic rings. The number of hydrogen-bond donors (Lipinski definition) is 1. The number of rotatable bonds is 6. The van der Waals surface area contributed by atoms with E-state index >= 15 is 0 Å². The number of nitrogens with one attached hydrogen (secondary N) is 1. The van der Waals surface area contributed by atoms with Crippen molar-refractivity contribution in [3.63, 3.8) is 0 Å². The molecule has 1 fully saturated rings. The lowest BCUT2D eigenvalue weighted by Gasteiger charge is -2.26. The van der Waals surface area contributed by atoms with Gasteiger partial charge in [0.2, 0.25) is 0 Å².